The van der Waals surface area contributed by atoms with Crippen LogP contribution < -0.4 is 10.5 Å². The van der Waals surface area contributed by atoms with Gasteiger partial charge < -0.3 is 9.80 Å². The topological polar surface area (TPSA) is 61.2 Å². The van der Waals surface area contributed by atoms with Crippen molar-refractivity contribution in [3.05, 3.63) is 44.7 Å². The first kappa shape index (κ1) is 19.1. The number of fused-ring (bicyclic) bond motifs is 1. The number of amides is 1. The van der Waals surface area contributed by atoms with Gasteiger partial charge in [-0.15, -0.1) is 0 Å². The van der Waals surface area contributed by atoms with E-state index in [1.165, 1.54) is 16.7 Å². The van der Waals surface area contributed by atoms with Crippen LogP contribution in [0.5, 0.6) is 0 Å². The van der Waals surface area contributed by atoms with Crippen LogP contribution in [-0.4, -0.2) is 69.7 Å². The maximum absolute atomic E-state index is 13.3. The van der Waals surface area contributed by atoms with Crippen LogP contribution in [0.4, 0.5) is 5.82 Å². The molecule has 0 spiro atoms. The molecule has 0 radical (unpaired) electrons. The van der Waals surface area contributed by atoms with Gasteiger partial charge in [-0.3, -0.25) is 18.9 Å². The summed E-state index contributed by atoms with van der Waals surface area (Å²) in [5.74, 6) is 0.441. The molecule has 4 heterocycles. The van der Waals surface area contributed by atoms with Gasteiger partial charge in [-0.05, 0) is 31.7 Å². The van der Waals surface area contributed by atoms with Crippen LogP contribution >= 0.6 is 24.0 Å². The lowest BCUT2D eigenvalue weighted by Gasteiger charge is -2.34. The van der Waals surface area contributed by atoms with Gasteiger partial charge in [0.2, 0.25) is 0 Å². The molecule has 2 fully saturated rings. The monoisotopic (exact) mass is 415 g/mol. The lowest BCUT2D eigenvalue weighted by molar-refractivity contribution is -0.121. The number of carbonyl (C=O) groups excluding carboxylic acids is 1. The van der Waals surface area contributed by atoms with Gasteiger partial charge in [0.25, 0.3) is 11.5 Å². The maximum atomic E-state index is 13.3. The molecule has 28 heavy (non-hydrogen) atoms. The fourth-order valence-corrected chi connectivity index (χ4v) is 4.47. The number of anilines is 1. The van der Waals surface area contributed by atoms with E-state index >= 15 is 0 Å². The molecule has 0 unspecified atom stereocenters. The van der Waals surface area contributed by atoms with E-state index in [4.69, 9.17) is 17.2 Å². The van der Waals surface area contributed by atoms with E-state index in [1.54, 1.807) is 23.7 Å². The zero-order valence-electron chi connectivity index (χ0n) is 16.0. The molecule has 0 aromatic carbocycles. The molecule has 2 aliphatic heterocycles. The maximum Gasteiger partial charge on any atom is 0.267 e. The fraction of sp³-hybridized carbons (Fsp3) is 0.368. The Kier molecular flexibility index (Phi) is 4.98. The van der Waals surface area contributed by atoms with Crippen molar-refractivity contribution in [3.8, 4) is 0 Å². The second-order valence-corrected chi connectivity index (χ2v) is 8.80. The molecule has 0 bridgehead atoms. The fourth-order valence-electron chi connectivity index (χ4n) is 3.31. The Morgan fingerprint density at radius 1 is 1.14 bits per heavy atom. The average molecular weight is 416 g/mol. The lowest BCUT2D eigenvalue weighted by atomic mass is 10.2. The molecule has 4 rings (SSSR count). The largest absolute Gasteiger partial charge is 0.353 e. The molecule has 9 heteroatoms. The summed E-state index contributed by atoms with van der Waals surface area (Å²) in [4.78, 5) is 36.9. The zero-order valence-corrected chi connectivity index (χ0v) is 17.6. The molecule has 2 aromatic rings. The molecule has 0 atom stereocenters. The van der Waals surface area contributed by atoms with Crippen molar-refractivity contribution in [2.24, 2.45) is 0 Å². The first-order valence-electron chi connectivity index (χ1n) is 9.03. The molecular formula is C19H21N5O2S2. The number of thioether (sulfide) groups is 1. The summed E-state index contributed by atoms with van der Waals surface area (Å²) in [6.45, 7) is 5.28. The lowest BCUT2D eigenvalue weighted by Crippen LogP contribution is -2.45. The van der Waals surface area contributed by atoms with E-state index in [0.29, 0.717) is 26.3 Å². The summed E-state index contributed by atoms with van der Waals surface area (Å²) in [6, 6.07) is 3.79. The third-order valence-electron chi connectivity index (χ3n) is 5.05. The van der Waals surface area contributed by atoms with Crippen LogP contribution in [-0.2, 0) is 4.79 Å². The van der Waals surface area contributed by atoms with Gasteiger partial charge in [-0.2, -0.15) is 0 Å². The third kappa shape index (κ3) is 3.34. The van der Waals surface area contributed by atoms with Crippen molar-refractivity contribution < 1.29 is 4.79 Å². The van der Waals surface area contributed by atoms with Crippen molar-refractivity contribution in [1.82, 2.24) is 19.2 Å². The first-order chi connectivity index (χ1) is 13.3. The number of thiocarbonyl (C=S) groups is 1. The molecule has 146 valence electrons. The van der Waals surface area contributed by atoms with E-state index < -0.39 is 0 Å². The van der Waals surface area contributed by atoms with Gasteiger partial charge in [0.1, 0.15) is 15.8 Å². The molecule has 0 aliphatic carbocycles. The highest BCUT2D eigenvalue weighted by Crippen LogP contribution is 2.32. The van der Waals surface area contributed by atoms with Gasteiger partial charge in [-0.1, -0.05) is 30.0 Å². The highest BCUT2D eigenvalue weighted by Gasteiger charge is 2.30. The third-order valence-corrected chi connectivity index (χ3v) is 6.53. The first-order valence-corrected chi connectivity index (χ1v) is 10.3. The predicted octanol–water partition coefficient (Wildman–Crippen LogP) is 1.59. The molecule has 2 aromatic heterocycles. The van der Waals surface area contributed by atoms with Crippen LogP contribution in [0.1, 0.15) is 11.1 Å². The van der Waals surface area contributed by atoms with Crippen molar-refractivity contribution in [2.45, 2.75) is 6.92 Å². The average Bonchev–Trinajstić information content (AvgIpc) is 2.92. The minimum Gasteiger partial charge on any atom is -0.353 e. The van der Waals surface area contributed by atoms with E-state index in [-0.39, 0.29) is 11.5 Å². The summed E-state index contributed by atoms with van der Waals surface area (Å²) >= 11 is 6.44. The number of carbonyl (C=O) groups is 1. The Bertz CT molecular complexity index is 1070. The van der Waals surface area contributed by atoms with Crippen LogP contribution in [0.25, 0.3) is 11.7 Å². The van der Waals surface area contributed by atoms with E-state index in [9.17, 15) is 9.59 Å². The smallest absolute Gasteiger partial charge is 0.267 e. The SMILES string of the molecule is Cc1ccc2nc(N3CCN(C)CC3)c(/C=C3\SC(=S)N(C)C3=O)c(=O)n2c1. The Labute approximate surface area is 172 Å². The highest BCUT2D eigenvalue weighted by molar-refractivity contribution is 8.26. The van der Waals surface area contributed by atoms with Crippen LogP contribution in [0, 0.1) is 6.92 Å². The van der Waals surface area contributed by atoms with Gasteiger partial charge >= 0.3 is 0 Å². The summed E-state index contributed by atoms with van der Waals surface area (Å²) in [5, 5.41) is 0. The molecule has 2 saturated heterocycles. The predicted molar refractivity (Wildman–Crippen MR) is 117 cm³/mol. The second-order valence-electron chi connectivity index (χ2n) is 7.12. The van der Waals surface area contributed by atoms with Crippen molar-refractivity contribution >= 4 is 51.7 Å². The molecular weight excluding hydrogens is 394 g/mol. The van der Waals surface area contributed by atoms with Gasteiger partial charge in [0, 0.05) is 39.4 Å². The molecule has 2 aliphatic rings. The van der Waals surface area contributed by atoms with Crippen molar-refractivity contribution in [2.75, 3.05) is 45.2 Å². The van der Waals surface area contributed by atoms with Crippen LogP contribution in [0.15, 0.2) is 28.0 Å². The van der Waals surface area contributed by atoms with E-state index in [0.717, 1.165) is 31.7 Å². The number of aromatic nitrogens is 2. The number of nitrogens with zero attached hydrogens (tertiary/aromatic N) is 5. The summed E-state index contributed by atoms with van der Waals surface area (Å²) in [5.41, 5.74) is 1.82. The normalized spacial score (nSPS) is 20.0. The highest BCUT2D eigenvalue weighted by atomic mass is 32.2. The number of likely N-dealkylation sites (N-methyl/N-ethyl adjacent to an activating group) is 2. The summed E-state index contributed by atoms with van der Waals surface area (Å²) in [7, 11) is 3.73. The van der Waals surface area contributed by atoms with Crippen molar-refractivity contribution in [3.63, 3.8) is 0 Å². The van der Waals surface area contributed by atoms with Gasteiger partial charge in [-0.25, -0.2) is 4.98 Å². The Balaban J connectivity index is 1.90. The summed E-state index contributed by atoms with van der Waals surface area (Å²) < 4.78 is 2.04. The standard InChI is InChI=1S/C19H21N5O2S2/c1-12-4-5-15-20-16(23-8-6-21(2)7-9-23)13(17(25)24(15)11-12)10-14-18(26)22(3)19(27)28-14/h4-5,10-11H,6-9H2,1-3H3/b14-10-. The zero-order chi connectivity index (χ0) is 20.0. The van der Waals surface area contributed by atoms with Gasteiger partial charge in [0.05, 0.1) is 10.5 Å². The van der Waals surface area contributed by atoms with E-state index in [1.807, 2.05) is 19.1 Å². The summed E-state index contributed by atoms with van der Waals surface area (Å²) in [6.07, 6.45) is 3.43. The Morgan fingerprint density at radius 2 is 1.86 bits per heavy atom. The minimum absolute atomic E-state index is 0.177. The van der Waals surface area contributed by atoms with Gasteiger partial charge in [0.15, 0.2) is 0 Å². The molecule has 1 amide bonds. The van der Waals surface area contributed by atoms with Crippen molar-refractivity contribution in [1.29, 1.82) is 0 Å². The number of hydrogen-bond donors (Lipinski definition) is 0. The number of hydrogen-bond acceptors (Lipinski definition) is 7. The number of pyridine rings is 1. The minimum atomic E-state index is -0.187. The number of aryl methyl sites for hydroxylation is 1. The van der Waals surface area contributed by atoms with Crippen LogP contribution in [0.2, 0.25) is 0 Å². The van der Waals surface area contributed by atoms with E-state index in [2.05, 4.69) is 16.8 Å². The van der Waals surface area contributed by atoms with Crippen LogP contribution in [0.3, 0.4) is 0 Å². The number of rotatable bonds is 2. The molecule has 0 saturated carbocycles. The quantitative estimate of drug-likeness (QED) is 0.545. The number of piperazine rings is 1. The second kappa shape index (κ2) is 7.31. The molecule has 0 N–H and O–H groups in total. The molecule has 7 nitrogen and oxygen atoms in total. The Morgan fingerprint density at radius 3 is 2.50 bits per heavy atom. The Hall–Kier alpha value is -2.23.